The van der Waals surface area contributed by atoms with Crippen LogP contribution in [0.15, 0.2) is 24.3 Å². The number of nitrogens with one attached hydrogen (secondary N) is 1. The number of methoxy groups -OCH3 is 1. The lowest BCUT2D eigenvalue weighted by atomic mass is 9.87. The predicted octanol–water partition coefficient (Wildman–Crippen LogP) is 1.45. The number of amides is 1. The third kappa shape index (κ3) is 6.14. The fraction of sp³-hybridized carbons (Fsp3) is 0.562. The van der Waals surface area contributed by atoms with Crippen molar-refractivity contribution >= 4 is 5.91 Å². The molecule has 118 valence electrons. The fourth-order valence-electron chi connectivity index (χ4n) is 1.78. The molecule has 1 rings (SSSR count). The van der Waals surface area contributed by atoms with Gasteiger partial charge in [0.15, 0.2) is 0 Å². The summed E-state index contributed by atoms with van der Waals surface area (Å²) in [5.74, 6) is 0.557. The van der Waals surface area contributed by atoms with E-state index in [1.54, 1.807) is 0 Å². The van der Waals surface area contributed by atoms with Gasteiger partial charge in [0.2, 0.25) is 5.91 Å². The molecule has 0 saturated heterocycles. The van der Waals surface area contributed by atoms with E-state index < -0.39 is 6.04 Å². The van der Waals surface area contributed by atoms with Crippen LogP contribution in [0, 0.1) is 0 Å². The van der Waals surface area contributed by atoms with Crippen LogP contribution >= 0.6 is 0 Å². The monoisotopic (exact) mass is 294 g/mol. The molecule has 0 heterocycles. The Labute approximate surface area is 126 Å². The Balaban J connectivity index is 2.32. The SMILES string of the molecule is COCC(N)C(=O)NCCOc1ccc(C(C)(C)C)cc1. The zero-order valence-electron chi connectivity index (χ0n) is 13.3. The van der Waals surface area contributed by atoms with E-state index in [0.717, 1.165) is 5.75 Å². The van der Waals surface area contributed by atoms with Crippen molar-refractivity contribution in [2.45, 2.75) is 32.2 Å². The van der Waals surface area contributed by atoms with E-state index in [-0.39, 0.29) is 17.9 Å². The molecule has 1 aromatic carbocycles. The van der Waals surface area contributed by atoms with Gasteiger partial charge in [-0.15, -0.1) is 0 Å². The number of hydrogen-bond donors (Lipinski definition) is 2. The molecule has 0 radical (unpaired) electrons. The second-order valence-corrected chi connectivity index (χ2v) is 5.98. The molecule has 5 heteroatoms. The number of carbonyl (C=O) groups excluding carboxylic acids is 1. The van der Waals surface area contributed by atoms with Crippen molar-refractivity contribution in [2.24, 2.45) is 5.73 Å². The lowest BCUT2D eigenvalue weighted by Gasteiger charge is -2.19. The zero-order valence-corrected chi connectivity index (χ0v) is 13.3. The van der Waals surface area contributed by atoms with Crippen LogP contribution in [-0.4, -0.2) is 38.8 Å². The van der Waals surface area contributed by atoms with Crippen LogP contribution in [0.2, 0.25) is 0 Å². The number of hydrogen-bond acceptors (Lipinski definition) is 4. The molecule has 3 N–H and O–H groups in total. The van der Waals surface area contributed by atoms with Crippen molar-refractivity contribution in [3.8, 4) is 5.75 Å². The summed E-state index contributed by atoms with van der Waals surface area (Å²) in [4.78, 5) is 11.5. The van der Waals surface area contributed by atoms with Gasteiger partial charge >= 0.3 is 0 Å². The second kappa shape index (κ2) is 8.00. The molecule has 0 aromatic heterocycles. The van der Waals surface area contributed by atoms with Gasteiger partial charge in [-0.05, 0) is 23.1 Å². The Morgan fingerprint density at radius 3 is 2.43 bits per heavy atom. The molecule has 0 saturated carbocycles. The molecule has 0 spiro atoms. The molecule has 0 bridgehead atoms. The van der Waals surface area contributed by atoms with Crippen molar-refractivity contribution in [1.29, 1.82) is 0 Å². The van der Waals surface area contributed by atoms with E-state index in [4.69, 9.17) is 15.2 Å². The first kappa shape index (κ1) is 17.5. The van der Waals surface area contributed by atoms with E-state index in [0.29, 0.717) is 13.2 Å². The lowest BCUT2D eigenvalue weighted by molar-refractivity contribution is -0.123. The summed E-state index contributed by atoms with van der Waals surface area (Å²) < 4.78 is 10.4. The van der Waals surface area contributed by atoms with Crippen molar-refractivity contribution in [3.63, 3.8) is 0 Å². The van der Waals surface area contributed by atoms with Crippen LogP contribution in [-0.2, 0) is 14.9 Å². The number of rotatable bonds is 7. The standard InChI is InChI=1S/C16H26N2O3/c1-16(2,3)12-5-7-13(8-6-12)21-10-9-18-15(19)14(17)11-20-4/h5-8,14H,9-11,17H2,1-4H3,(H,18,19). The third-order valence-corrected chi connectivity index (χ3v) is 3.07. The molecule has 0 fully saturated rings. The summed E-state index contributed by atoms with van der Waals surface area (Å²) in [6.07, 6.45) is 0. The van der Waals surface area contributed by atoms with Gasteiger partial charge in [-0.1, -0.05) is 32.9 Å². The summed E-state index contributed by atoms with van der Waals surface area (Å²) in [5.41, 5.74) is 6.99. The molecule has 1 aromatic rings. The molecule has 0 aliphatic rings. The Hall–Kier alpha value is -1.59. The summed E-state index contributed by atoms with van der Waals surface area (Å²) in [6, 6.07) is 7.37. The zero-order chi connectivity index (χ0) is 15.9. The van der Waals surface area contributed by atoms with Crippen molar-refractivity contribution in [2.75, 3.05) is 26.9 Å². The molecule has 21 heavy (non-hydrogen) atoms. The maximum Gasteiger partial charge on any atom is 0.239 e. The molecular formula is C16H26N2O3. The highest BCUT2D eigenvalue weighted by Gasteiger charge is 2.13. The molecule has 1 unspecified atom stereocenters. The van der Waals surface area contributed by atoms with Gasteiger partial charge < -0.3 is 20.5 Å². The Kier molecular flexibility index (Phi) is 6.65. The Bertz CT molecular complexity index is 438. The average molecular weight is 294 g/mol. The highest BCUT2D eigenvalue weighted by atomic mass is 16.5. The number of benzene rings is 1. The molecule has 5 nitrogen and oxygen atoms in total. The first-order chi connectivity index (χ1) is 9.84. The predicted molar refractivity (Wildman–Crippen MR) is 83.5 cm³/mol. The first-order valence-electron chi connectivity index (χ1n) is 7.10. The van der Waals surface area contributed by atoms with E-state index in [2.05, 4.69) is 38.2 Å². The number of nitrogens with two attached hydrogens (primary N) is 1. The fourth-order valence-corrected chi connectivity index (χ4v) is 1.78. The van der Waals surface area contributed by atoms with Crippen molar-refractivity contribution in [3.05, 3.63) is 29.8 Å². The summed E-state index contributed by atoms with van der Waals surface area (Å²) in [6.45, 7) is 7.53. The van der Waals surface area contributed by atoms with Gasteiger partial charge in [0.05, 0.1) is 13.2 Å². The van der Waals surface area contributed by atoms with Crippen LogP contribution in [0.1, 0.15) is 26.3 Å². The highest BCUT2D eigenvalue weighted by Crippen LogP contribution is 2.24. The minimum absolute atomic E-state index is 0.129. The van der Waals surface area contributed by atoms with E-state index in [1.807, 2.05) is 12.1 Å². The normalized spacial score (nSPS) is 12.8. The van der Waals surface area contributed by atoms with Gasteiger partial charge in [0, 0.05) is 7.11 Å². The first-order valence-corrected chi connectivity index (χ1v) is 7.10. The van der Waals surface area contributed by atoms with E-state index >= 15 is 0 Å². The minimum atomic E-state index is -0.638. The summed E-state index contributed by atoms with van der Waals surface area (Å²) >= 11 is 0. The van der Waals surface area contributed by atoms with E-state index in [9.17, 15) is 4.79 Å². The molecule has 1 amide bonds. The van der Waals surface area contributed by atoms with Crippen LogP contribution in [0.5, 0.6) is 5.75 Å². The third-order valence-electron chi connectivity index (χ3n) is 3.07. The Morgan fingerprint density at radius 1 is 1.29 bits per heavy atom. The number of carbonyl (C=O) groups is 1. The smallest absolute Gasteiger partial charge is 0.239 e. The summed E-state index contributed by atoms with van der Waals surface area (Å²) in [5, 5.41) is 2.70. The van der Waals surface area contributed by atoms with Gasteiger partial charge in [-0.25, -0.2) is 0 Å². The van der Waals surface area contributed by atoms with Crippen molar-refractivity contribution < 1.29 is 14.3 Å². The summed E-state index contributed by atoms with van der Waals surface area (Å²) in [7, 11) is 1.51. The molecule has 0 aliphatic heterocycles. The van der Waals surface area contributed by atoms with Gasteiger partial charge in [0.25, 0.3) is 0 Å². The van der Waals surface area contributed by atoms with Gasteiger partial charge in [0.1, 0.15) is 18.4 Å². The van der Waals surface area contributed by atoms with Crippen LogP contribution in [0.3, 0.4) is 0 Å². The largest absolute Gasteiger partial charge is 0.492 e. The van der Waals surface area contributed by atoms with Crippen LogP contribution < -0.4 is 15.8 Å². The molecule has 1 atom stereocenters. The second-order valence-electron chi connectivity index (χ2n) is 5.98. The van der Waals surface area contributed by atoms with Crippen molar-refractivity contribution in [1.82, 2.24) is 5.32 Å². The maximum absolute atomic E-state index is 11.5. The quantitative estimate of drug-likeness (QED) is 0.747. The van der Waals surface area contributed by atoms with Gasteiger partial charge in [-0.3, -0.25) is 4.79 Å². The Morgan fingerprint density at radius 2 is 1.90 bits per heavy atom. The molecule has 0 aliphatic carbocycles. The topological polar surface area (TPSA) is 73.6 Å². The maximum atomic E-state index is 11.5. The van der Waals surface area contributed by atoms with Crippen LogP contribution in [0.25, 0.3) is 0 Å². The molecular weight excluding hydrogens is 268 g/mol. The minimum Gasteiger partial charge on any atom is -0.492 e. The van der Waals surface area contributed by atoms with Gasteiger partial charge in [-0.2, -0.15) is 0 Å². The average Bonchev–Trinajstić information content (AvgIpc) is 2.43. The van der Waals surface area contributed by atoms with Crippen LogP contribution in [0.4, 0.5) is 0 Å². The lowest BCUT2D eigenvalue weighted by Crippen LogP contribution is -2.44. The number of ether oxygens (including phenoxy) is 2. The highest BCUT2D eigenvalue weighted by molar-refractivity contribution is 5.81. The van der Waals surface area contributed by atoms with E-state index in [1.165, 1.54) is 12.7 Å².